The van der Waals surface area contributed by atoms with Gasteiger partial charge in [0, 0.05) is 0 Å². The molecule has 0 saturated carbocycles. The molecule has 3 nitrogen and oxygen atoms in total. The van der Waals surface area contributed by atoms with E-state index in [1.807, 2.05) is 0 Å². The van der Waals surface area contributed by atoms with E-state index in [2.05, 4.69) is 5.32 Å². The minimum absolute atomic E-state index is 0.331. The maximum Gasteiger partial charge on any atom is 0.335 e. The lowest BCUT2D eigenvalue weighted by Gasteiger charge is -1.88. The van der Waals surface area contributed by atoms with E-state index >= 15 is 0 Å². The monoisotopic (exact) mass is 193 g/mol. The third-order valence-electron chi connectivity index (χ3n) is 1.98. The molecule has 0 atom stereocenters. The highest BCUT2D eigenvalue weighted by molar-refractivity contribution is 5.87. The molecule has 1 aromatic rings. The topological polar surface area (TPSA) is 49.3 Å². The zero-order chi connectivity index (χ0) is 10.2. The second-order valence-electron chi connectivity index (χ2n) is 3.13. The van der Waals surface area contributed by atoms with Gasteiger partial charge in [0.15, 0.2) is 0 Å². The maximum absolute atomic E-state index is 10.2. The average molecular weight is 193 g/mol. The molecule has 0 unspecified atom stereocenters. The van der Waals surface area contributed by atoms with Gasteiger partial charge in [-0.2, -0.15) is 0 Å². The van der Waals surface area contributed by atoms with Crippen LogP contribution in [0.15, 0.2) is 30.3 Å². The lowest BCUT2D eigenvalue weighted by molar-refractivity contribution is 0.0697. The van der Waals surface area contributed by atoms with Crippen LogP contribution in [0.25, 0.3) is 0 Å². The quantitative estimate of drug-likeness (QED) is 0.714. The number of carbonyl (C=O) groups is 1. The van der Waals surface area contributed by atoms with Crippen molar-refractivity contribution in [2.45, 2.75) is 12.8 Å². The Bertz CT molecular complexity index is 260. The summed E-state index contributed by atoms with van der Waals surface area (Å²) in [7, 11) is 0. The largest absolute Gasteiger partial charge is 0.478 e. The smallest absolute Gasteiger partial charge is 0.335 e. The standard InChI is InChI=1S/C7H6O2.C4H9N/c8-7(9)6-4-2-1-3-5-6;1-2-4-5-3-1/h1-5H,(H,8,9);5H,1-4H2. The van der Waals surface area contributed by atoms with Crippen LogP contribution in [0.1, 0.15) is 23.2 Å². The normalized spacial score (nSPS) is 14.3. The third-order valence-corrected chi connectivity index (χ3v) is 1.98. The Labute approximate surface area is 83.8 Å². The fourth-order valence-corrected chi connectivity index (χ4v) is 1.21. The van der Waals surface area contributed by atoms with Gasteiger partial charge in [-0.15, -0.1) is 0 Å². The highest BCUT2D eigenvalue weighted by Crippen LogP contribution is 1.96. The molecule has 0 radical (unpaired) electrons. The van der Waals surface area contributed by atoms with Crippen LogP contribution >= 0.6 is 0 Å². The summed E-state index contributed by atoms with van der Waals surface area (Å²) in [5.74, 6) is -0.879. The Morgan fingerprint density at radius 3 is 2.00 bits per heavy atom. The van der Waals surface area contributed by atoms with Crippen LogP contribution in [-0.2, 0) is 0 Å². The van der Waals surface area contributed by atoms with Crippen molar-refractivity contribution in [1.82, 2.24) is 5.32 Å². The third kappa shape index (κ3) is 4.05. The van der Waals surface area contributed by atoms with E-state index in [9.17, 15) is 4.79 Å². The second-order valence-corrected chi connectivity index (χ2v) is 3.13. The van der Waals surface area contributed by atoms with E-state index in [1.165, 1.54) is 25.9 Å². The maximum atomic E-state index is 10.2. The summed E-state index contributed by atoms with van der Waals surface area (Å²) in [6.07, 6.45) is 2.78. The second kappa shape index (κ2) is 6.16. The van der Waals surface area contributed by atoms with Crippen LogP contribution in [0, 0.1) is 0 Å². The molecule has 1 aromatic carbocycles. The van der Waals surface area contributed by atoms with Crippen molar-refractivity contribution in [2.75, 3.05) is 13.1 Å². The molecular formula is C11H15NO2. The molecule has 1 heterocycles. The average Bonchev–Trinajstić information content (AvgIpc) is 2.77. The summed E-state index contributed by atoms with van der Waals surface area (Å²) in [5.41, 5.74) is 0.331. The van der Waals surface area contributed by atoms with Crippen LogP contribution in [0.4, 0.5) is 0 Å². The van der Waals surface area contributed by atoms with Gasteiger partial charge in [-0.1, -0.05) is 18.2 Å². The Morgan fingerprint density at radius 1 is 1.14 bits per heavy atom. The van der Waals surface area contributed by atoms with Crippen LogP contribution in [0.3, 0.4) is 0 Å². The minimum atomic E-state index is -0.879. The van der Waals surface area contributed by atoms with Gasteiger partial charge in [-0.25, -0.2) is 4.79 Å². The van der Waals surface area contributed by atoms with E-state index in [0.717, 1.165) is 0 Å². The van der Waals surface area contributed by atoms with E-state index in [1.54, 1.807) is 30.3 Å². The predicted molar refractivity (Wildman–Crippen MR) is 55.5 cm³/mol. The fourth-order valence-electron chi connectivity index (χ4n) is 1.21. The molecule has 0 amide bonds. The first-order chi connectivity index (χ1) is 6.80. The van der Waals surface area contributed by atoms with Crippen molar-refractivity contribution in [1.29, 1.82) is 0 Å². The molecule has 1 aliphatic heterocycles. The molecule has 0 spiro atoms. The van der Waals surface area contributed by atoms with Gasteiger partial charge in [0.05, 0.1) is 5.56 Å². The molecule has 1 fully saturated rings. The number of rotatable bonds is 1. The number of aromatic carboxylic acids is 1. The highest BCUT2D eigenvalue weighted by atomic mass is 16.4. The number of nitrogens with one attached hydrogen (secondary N) is 1. The molecule has 0 aromatic heterocycles. The van der Waals surface area contributed by atoms with Crippen LogP contribution < -0.4 is 5.32 Å². The van der Waals surface area contributed by atoms with Gasteiger partial charge in [-0.05, 0) is 38.1 Å². The Kier molecular flexibility index (Phi) is 4.72. The van der Waals surface area contributed by atoms with Gasteiger partial charge in [-0.3, -0.25) is 0 Å². The molecular weight excluding hydrogens is 178 g/mol. The first kappa shape index (κ1) is 10.7. The van der Waals surface area contributed by atoms with Crippen molar-refractivity contribution in [3.63, 3.8) is 0 Å². The van der Waals surface area contributed by atoms with E-state index in [0.29, 0.717) is 5.56 Å². The van der Waals surface area contributed by atoms with Crippen LogP contribution in [0.5, 0.6) is 0 Å². The highest BCUT2D eigenvalue weighted by Gasteiger charge is 1.96. The molecule has 0 aliphatic carbocycles. The molecule has 3 heteroatoms. The fraction of sp³-hybridized carbons (Fsp3) is 0.364. The van der Waals surface area contributed by atoms with Gasteiger partial charge in [0.2, 0.25) is 0 Å². The number of hydrogen-bond donors (Lipinski definition) is 2. The lowest BCUT2D eigenvalue weighted by atomic mass is 10.2. The van der Waals surface area contributed by atoms with E-state index in [-0.39, 0.29) is 0 Å². The molecule has 0 bridgehead atoms. The van der Waals surface area contributed by atoms with Crippen molar-refractivity contribution in [3.8, 4) is 0 Å². The Balaban J connectivity index is 0.000000165. The summed E-state index contributed by atoms with van der Waals surface area (Å²) in [6, 6.07) is 8.30. The molecule has 14 heavy (non-hydrogen) atoms. The number of benzene rings is 1. The summed E-state index contributed by atoms with van der Waals surface area (Å²) in [6.45, 7) is 2.50. The van der Waals surface area contributed by atoms with Gasteiger partial charge in [0.25, 0.3) is 0 Å². The molecule has 76 valence electrons. The first-order valence-electron chi connectivity index (χ1n) is 4.80. The minimum Gasteiger partial charge on any atom is -0.478 e. The predicted octanol–water partition coefficient (Wildman–Crippen LogP) is 1.75. The molecule has 2 rings (SSSR count). The molecule has 2 N–H and O–H groups in total. The van der Waals surface area contributed by atoms with Crippen molar-refractivity contribution < 1.29 is 9.90 Å². The Morgan fingerprint density at radius 2 is 1.71 bits per heavy atom. The SMILES string of the molecule is C1CCNC1.O=C(O)c1ccccc1. The van der Waals surface area contributed by atoms with Crippen LogP contribution in [0.2, 0.25) is 0 Å². The zero-order valence-electron chi connectivity index (χ0n) is 8.07. The molecule has 1 aliphatic rings. The van der Waals surface area contributed by atoms with E-state index < -0.39 is 5.97 Å². The summed E-state index contributed by atoms with van der Waals surface area (Å²) in [5, 5.41) is 11.6. The Hall–Kier alpha value is -1.35. The van der Waals surface area contributed by atoms with E-state index in [4.69, 9.17) is 5.11 Å². The molecule has 1 saturated heterocycles. The summed E-state index contributed by atoms with van der Waals surface area (Å²) in [4.78, 5) is 10.2. The van der Waals surface area contributed by atoms with Gasteiger partial charge in [0.1, 0.15) is 0 Å². The first-order valence-corrected chi connectivity index (χ1v) is 4.80. The van der Waals surface area contributed by atoms with Crippen molar-refractivity contribution in [3.05, 3.63) is 35.9 Å². The number of hydrogen-bond acceptors (Lipinski definition) is 2. The van der Waals surface area contributed by atoms with Gasteiger partial charge >= 0.3 is 5.97 Å². The van der Waals surface area contributed by atoms with Gasteiger partial charge < -0.3 is 10.4 Å². The van der Waals surface area contributed by atoms with Crippen molar-refractivity contribution >= 4 is 5.97 Å². The van der Waals surface area contributed by atoms with Crippen LogP contribution in [-0.4, -0.2) is 24.2 Å². The number of carboxylic acid groups (broad SMARTS) is 1. The van der Waals surface area contributed by atoms with Crippen molar-refractivity contribution in [2.24, 2.45) is 0 Å². The summed E-state index contributed by atoms with van der Waals surface area (Å²) < 4.78 is 0. The lowest BCUT2D eigenvalue weighted by Crippen LogP contribution is -2.03. The number of carboxylic acids is 1. The zero-order valence-corrected chi connectivity index (χ0v) is 8.07. The summed E-state index contributed by atoms with van der Waals surface area (Å²) >= 11 is 0.